The van der Waals surface area contributed by atoms with Gasteiger partial charge in [-0.2, -0.15) is 0 Å². The van der Waals surface area contributed by atoms with E-state index in [-0.39, 0.29) is 0 Å². The van der Waals surface area contributed by atoms with Crippen LogP contribution in [0.3, 0.4) is 0 Å². The first-order valence-electron chi connectivity index (χ1n) is 7.50. The van der Waals surface area contributed by atoms with Crippen LogP contribution in [0.15, 0.2) is 42.7 Å². The number of anilines is 1. The van der Waals surface area contributed by atoms with Crippen LogP contribution in [0.4, 0.5) is 5.69 Å². The first-order valence-corrected chi connectivity index (χ1v) is 7.88. The van der Waals surface area contributed by atoms with E-state index in [1.165, 1.54) is 0 Å². The fourth-order valence-electron chi connectivity index (χ4n) is 3.16. The summed E-state index contributed by atoms with van der Waals surface area (Å²) in [7, 11) is 3.27. The minimum atomic E-state index is 0.625. The minimum absolute atomic E-state index is 0.625. The van der Waals surface area contributed by atoms with E-state index < -0.39 is 0 Å². The second-order valence-corrected chi connectivity index (χ2v) is 5.86. The Morgan fingerprint density at radius 1 is 1.00 bits per heavy atom. The summed E-state index contributed by atoms with van der Waals surface area (Å²) >= 11 is 6.05. The van der Waals surface area contributed by atoms with E-state index in [1.807, 2.05) is 42.6 Å². The zero-order valence-corrected chi connectivity index (χ0v) is 14.0. The van der Waals surface area contributed by atoms with Gasteiger partial charge in [-0.25, -0.2) is 0 Å². The Labute approximate surface area is 144 Å². The lowest BCUT2D eigenvalue weighted by molar-refractivity contribution is 0.359. The molecule has 1 aromatic heterocycles. The average Bonchev–Trinajstić information content (AvgIpc) is 2.62. The first kappa shape index (κ1) is 14.8. The summed E-state index contributed by atoms with van der Waals surface area (Å²) in [6.45, 7) is 0. The molecule has 3 aromatic rings. The molecule has 0 amide bonds. The second-order valence-electron chi connectivity index (χ2n) is 5.42. The molecule has 0 fully saturated rings. The van der Waals surface area contributed by atoms with E-state index in [2.05, 4.69) is 10.3 Å². The largest absolute Gasteiger partial charge is 0.492 e. The number of hydrogen-bond donors (Lipinski definition) is 1. The zero-order chi connectivity index (χ0) is 16.7. The van der Waals surface area contributed by atoms with Crippen LogP contribution in [0.5, 0.6) is 11.5 Å². The van der Waals surface area contributed by atoms with Gasteiger partial charge < -0.3 is 14.8 Å². The molecule has 0 radical (unpaired) electrons. The van der Waals surface area contributed by atoms with Gasteiger partial charge in [-0.1, -0.05) is 23.7 Å². The van der Waals surface area contributed by atoms with Crippen LogP contribution in [-0.4, -0.2) is 19.2 Å². The van der Waals surface area contributed by atoms with Gasteiger partial charge in [-0.15, -0.1) is 0 Å². The highest BCUT2D eigenvalue weighted by molar-refractivity contribution is 6.30. The van der Waals surface area contributed by atoms with Crippen molar-refractivity contribution >= 4 is 34.3 Å². The number of nitrogens with zero attached hydrogens (tertiary/aromatic N) is 1. The Kier molecular flexibility index (Phi) is 3.54. The smallest absolute Gasteiger partial charge is 0.187 e. The van der Waals surface area contributed by atoms with Crippen LogP contribution >= 0.6 is 11.6 Å². The molecule has 120 valence electrons. The average molecular weight is 339 g/mol. The van der Waals surface area contributed by atoms with E-state index >= 15 is 0 Å². The summed E-state index contributed by atoms with van der Waals surface area (Å²) in [5.41, 5.74) is 4.79. The van der Waals surface area contributed by atoms with Crippen molar-refractivity contribution in [3.05, 3.63) is 53.3 Å². The molecule has 2 aromatic carbocycles. The maximum Gasteiger partial charge on any atom is 0.187 e. The third-order valence-electron chi connectivity index (χ3n) is 4.17. The predicted octanol–water partition coefficient (Wildman–Crippen LogP) is 4.97. The van der Waals surface area contributed by atoms with Gasteiger partial charge in [0.2, 0.25) is 0 Å². The van der Waals surface area contributed by atoms with Gasteiger partial charge in [0.15, 0.2) is 11.5 Å². The van der Waals surface area contributed by atoms with Crippen molar-refractivity contribution in [2.75, 3.05) is 19.5 Å². The third kappa shape index (κ3) is 2.11. The molecule has 1 N–H and O–H groups in total. The number of rotatable bonds is 3. The van der Waals surface area contributed by atoms with Crippen LogP contribution in [0.1, 0.15) is 5.56 Å². The Morgan fingerprint density at radius 3 is 2.46 bits per heavy atom. The molecule has 4 nitrogen and oxygen atoms in total. The van der Waals surface area contributed by atoms with E-state index in [4.69, 9.17) is 21.1 Å². The maximum atomic E-state index is 6.05. The van der Waals surface area contributed by atoms with Crippen LogP contribution < -0.4 is 14.8 Å². The summed E-state index contributed by atoms with van der Waals surface area (Å²) in [6.07, 6.45) is 5.71. The number of halogens is 1. The van der Waals surface area contributed by atoms with Crippen molar-refractivity contribution in [2.24, 2.45) is 0 Å². The molecule has 4 rings (SSSR count). The lowest BCUT2D eigenvalue weighted by Gasteiger charge is -2.22. The molecule has 1 aliphatic rings. The Hall–Kier alpha value is -2.72. The number of aromatic nitrogens is 1. The standard InChI is InChI=1S/C19H15ClN2O2/c1-23-18-15(11-3-5-12(20)6-4-11)13-7-9-21-14-8-10-22-17(16(13)14)19(18)24-2/h3-10,21H,1-2H3. The number of pyridine rings is 1. The molecule has 2 heterocycles. The molecule has 0 saturated carbocycles. The van der Waals surface area contributed by atoms with Crippen molar-refractivity contribution in [2.45, 2.75) is 0 Å². The Bertz CT molecular complexity index is 966. The normalized spacial score (nSPS) is 12.1. The van der Waals surface area contributed by atoms with Crippen LogP contribution in [-0.2, 0) is 0 Å². The van der Waals surface area contributed by atoms with E-state index in [1.54, 1.807) is 20.4 Å². The molecule has 1 aliphatic heterocycles. The van der Waals surface area contributed by atoms with Crippen molar-refractivity contribution in [3.63, 3.8) is 0 Å². The minimum Gasteiger partial charge on any atom is -0.492 e. The molecule has 0 bridgehead atoms. The number of methoxy groups -OCH3 is 2. The Morgan fingerprint density at radius 2 is 1.75 bits per heavy atom. The van der Waals surface area contributed by atoms with Gasteiger partial charge in [0.1, 0.15) is 5.52 Å². The zero-order valence-electron chi connectivity index (χ0n) is 13.3. The summed E-state index contributed by atoms with van der Waals surface area (Å²) in [6, 6.07) is 9.65. The van der Waals surface area contributed by atoms with Gasteiger partial charge in [0.25, 0.3) is 0 Å². The molecule has 0 atom stereocenters. The molecular formula is C19H15ClN2O2. The van der Waals surface area contributed by atoms with Crippen molar-refractivity contribution < 1.29 is 9.47 Å². The van der Waals surface area contributed by atoms with Crippen LogP contribution in [0.2, 0.25) is 5.02 Å². The SMILES string of the molecule is COc1c(-c2ccc(Cl)cc2)c2c3c(ccnc3c1OC)NC=C2. The molecular weight excluding hydrogens is 324 g/mol. The van der Waals surface area contributed by atoms with Crippen molar-refractivity contribution in [1.82, 2.24) is 4.98 Å². The molecule has 0 unspecified atom stereocenters. The van der Waals surface area contributed by atoms with E-state index in [9.17, 15) is 0 Å². The highest BCUT2D eigenvalue weighted by atomic mass is 35.5. The number of hydrogen-bond acceptors (Lipinski definition) is 4. The maximum absolute atomic E-state index is 6.05. The topological polar surface area (TPSA) is 43.4 Å². The number of benzene rings is 2. The molecule has 0 saturated heterocycles. The lowest BCUT2D eigenvalue weighted by Crippen LogP contribution is -2.03. The second kappa shape index (κ2) is 5.73. The van der Waals surface area contributed by atoms with Gasteiger partial charge in [-0.3, -0.25) is 4.98 Å². The summed E-state index contributed by atoms with van der Waals surface area (Å²) in [4.78, 5) is 4.51. The van der Waals surface area contributed by atoms with Crippen molar-refractivity contribution in [1.29, 1.82) is 0 Å². The third-order valence-corrected chi connectivity index (χ3v) is 4.42. The molecule has 5 heteroatoms. The van der Waals surface area contributed by atoms with Gasteiger partial charge >= 0.3 is 0 Å². The highest BCUT2D eigenvalue weighted by Crippen LogP contribution is 2.49. The highest BCUT2D eigenvalue weighted by Gasteiger charge is 2.24. The molecule has 0 aliphatic carbocycles. The Balaban J connectivity index is 2.18. The summed E-state index contributed by atoms with van der Waals surface area (Å²) in [5, 5.41) is 4.97. The monoisotopic (exact) mass is 338 g/mol. The number of nitrogens with one attached hydrogen (secondary N) is 1. The van der Waals surface area contributed by atoms with Crippen LogP contribution in [0, 0.1) is 0 Å². The van der Waals surface area contributed by atoms with E-state index in [0.29, 0.717) is 16.5 Å². The van der Waals surface area contributed by atoms with Crippen molar-refractivity contribution in [3.8, 4) is 22.6 Å². The van der Waals surface area contributed by atoms with Gasteiger partial charge in [0.05, 0.1) is 14.2 Å². The van der Waals surface area contributed by atoms with Gasteiger partial charge in [0, 0.05) is 34.1 Å². The van der Waals surface area contributed by atoms with E-state index in [0.717, 1.165) is 33.3 Å². The predicted molar refractivity (Wildman–Crippen MR) is 97.9 cm³/mol. The first-order chi connectivity index (χ1) is 11.7. The summed E-state index contributed by atoms with van der Waals surface area (Å²) < 4.78 is 11.4. The molecule has 0 spiro atoms. The molecule has 24 heavy (non-hydrogen) atoms. The number of ether oxygens (including phenoxy) is 2. The van der Waals surface area contributed by atoms with Gasteiger partial charge in [-0.05, 0) is 35.4 Å². The fraction of sp³-hybridized carbons (Fsp3) is 0.105. The summed E-state index contributed by atoms with van der Waals surface area (Å²) in [5.74, 6) is 1.29. The quantitative estimate of drug-likeness (QED) is 0.732. The fourth-order valence-corrected chi connectivity index (χ4v) is 3.29. The lowest BCUT2D eigenvalue weighted by atomic mass is 9.92. The van der Waals surface area contributed by atoms with Crippen LogP contribution in [0.25, 0.3) is 28.1 Å².